The van der Waals surface area contributed by atoms with Gasteiger partial charge in [0.1, 0.15) is 43.2 Å². The van der Waals surface area contributed by atoms with E-state index in [-0.39, 0.29) is 12.8 Å². The molecule has 1 rings (SSSR count). The molecular weight excluding hydrogens is 707 g/mol. The molecule has 0 radical (unpaired) electrons. The standard InChI is InChI=1S/C39H59O13P/c1-3-5-7-9-11-13-15-16-18-20-22-24-26-28-33(41)51-31(29-49-32(40)27-25-23-21-19-17-14-12-10-8-6-4-2)30-50-53(47,48)52-39-37(45)35(43)34(42)36(44)38(39)46/h5-9,11-16,18-22,31,34-39,42-46H,3-4,10,17,23-30H2,1-2H3,(H,47,48)/b7-5+,8-6+,11-9+,14-12+,15-13+,18-16+,21-19+,22-20+/t31?,34?,35-,36?,37?,38?,39?/m1/s1. The first kappa shape index (κ1) is 47.8. The van der Waals surface area contributed by atoms with Gasteiger partial charge in [0.15, 0.2) is 6.10 Å². The number of rotatable bonds is 26. The van der Waals surface area contributed by atoms with E-state index >= 15 is 0 Å². The third kappa shape index (κ3) is 22.6. The Morgan fingerprint density at radius 1 is 0.604 bits per heavy atom. The van der Waals surface area contributed by atoms with Gasteiger partial charge in [-0.15, -0.1) is 0 Å². The van der Waals surface area contributed by atoms with Gasteiger partial charge in [0.2, 0.25) is 0 Å². The Hall–Kier alpha value is -3.23. The quantitative estimate of drug-likeness (QED) is 0.0222. The van der Waals surface area contributed by atoms with Crippen molar-refractivity contribution in [1.29, 1.82) is 0 Å². The summed E-state index contributed by atoms with van der Waals surface area (Å²) in [6.07, 6.45) is 23.8. The van der Waals surface area contributed by atoms with E-state index in [0.717, 1.165) is 25.7 Å². The van der Waals surface area contributed by atoms with Crippen LogP contribution in [0.3, 0.4) is 0 Å². The highest BCUT2D eigenvalue weighted by molar-refractivity contribution is 7.47. The van der Waals surface area contributed by atoms with Crippen LogP contribution in [0.15, 0.2) is 97.2 Å². The smallest absolute Gasteiger partial charge is 0.462 e. The van der Waals surface area contributed by atoms with Crippen molar-refractivity contribution in [2.24, 2.45) is 0 Å². The number of carbonyl (C=O) groups excluding carboxylic acids is 2. The molecule has 0 aromatic carbocycles. The molecule has 298 valence electrons. The van der Waals surface area contributed by atoms with Gasteiger partial charge < -0.3 is 39.9 Å². The molecule has 0 amide bonds. The Kier molecular flexibility index (Phi) is 26.3. The average molecular weight is 767 g/mol. The first-order chi connectivity index (χ1) is 25.4. The molecule has 14 heteroatoms. The lowest BCUT2D eigenvalue weighted by atomic mass is 9.85. The number of phosphoric acid groups is 1. The normalized spacial score (nSPS) is 24.6. The lowest BCUT2D eigenvalue weighted by molar-refractivity contribution is -0.220. The molecule has 53 heavy (non-hydrogen) atoms. The van der Waals surface area contributed by atoms with Gasteiger partial charge in [-0.05, 0) is 51.4 Å². The molecule has 1 aliphatic rings. The molecule has 7 unspecified atom stereocenters. The summed E-state index contributed by atoms with van der Waals surface area (Å²) in [6.45, 7) is 2.85. The van der Waals surface area contributed by atoms with Gasteiger partial charge in [-0.1, -0.05) is 111 Å². The van der Waals surface area contributed by atoms with Gasteiger partial charge >= 0.3 is 19.8 Å². The predicted octanol–water partition coefficient (Wildman–Crippen LogP) is 5.15. The zero-order chi connectivity index (χ0) is 39.3. The predicted molar refractivity (Wildman–Crippen MR) is 202 cm³/mol. The molecule has 0 heterocycles. The third-order valence-corrected chi connectivity index (χ3v) is 8.53. The van der Waals surface area contributed by atoms with Crippen LogP contribution in [0.4, 0.5) is 0 Å². The minimum Gasteiger partial charge on any atom is -0.462 e. The summed E-state index contributed by atoms with van der Waals surface area (Å²) in [4.78, 5) is 35.3. The number of allylic oxidation sites excluding steroid dienone is 16. The number of aliphatic hydroxyl groups is 5. The van der Waals surface area contributed by atoms with E-state index in [1.54, 1.807) is 0 Å². The summed E-state index contributed by atoms with van der Waals surface area (Å²) >= 11 is 0. The minimum absolute atomic E-state index is 0.0166. The second-order valence-corrected chi connectivity index (χ2v) is 13.5. The summed E-state index contributed by atoms with van der Waals surface area (Å²) in [7, 11) is -5.14. The van der Waals surface area contributed by atoms with Gasteiger partial charge in [-0.2, -0.15) is 0 Å². The van der Waals surface area contributed by atoms with Gasteiger partial charge in [-0.25, -0.2) is 4.57 Å². The van der Waals surface area contributed by atoms with Crippen molar-refractivity contribution in [2.45, 2.75) is 121 Å². The molecule has 6 N–H and O–H groups in total. The molecule has 8 atom stereocenters. The van der Waals surface area contributed by atoms with Crippen molar-refractivity contribution in [2.75, 3.05) is 13.2 Å². The Morgan fingerprint density at radius 2 is 1.08 bits per heavy atom. The second kappa shape index (κ2) is 29.2. The zero-order valence-corrected chi connectivity index (χ0v) is 31.6. The van der Waals surface area contributed by atoms with Gasteiger partial charge in [0.05, 0.1) is 6.61 Å². The van der Waals surface area contributed by atoms with Crippen LogP contribution in [-0.2, 0) is 32.7 Å². The number of hydrogen-bond acceptors (Lipinski definition) is 12. The maximum atomic E-state index is 12.7. The first-order valence-electron chi connectivity index (χ1n) is 18.1. The lowest BCUT2D eigenvalue weighted by Gasteiger charge is -2.41. The summed E-state index contributed by atoms with van der Waals surface area (Å²) in [5, 5.41) is 49.8. The molecule has 13 nitrogen and oxygen atoms in total. The molecule has 0 bridgehead atoms. The Labute approximate surface area is 313 Å². The Morgan fingerprint density at radius 3 is 1.66 bits per heavy atom. The maximum absolute atomic E-state index is 12.7. The van der Waals surface area contributed by atoms with Crippen LogP contribution in [0.1, 0.15) is 78.1 Å². The number of aliphatic hydroxyl groups excluding tert-OH is 5. The topological polar surface area (TPSA) is 210 Å². The molecular formula is C39H59O13P. The maximum Gasteiger partial charge on any atom is 0.472 e. The Balaban J connectivity index is 2.68. The molecule has 0 saturated heterocycles. The van der Waals surface area contributed by atoms with Crippen LogP contribution in [0.25, 0.3) is 0 Å². The molecule has 1 aliphatic carbocycles. The fraction of sp³-hybridized carbons (Fsp3) is 0.538. The number of ether oxygens (including phenoxy) is 2. The Bertz CT molecular complexity index is 1300. The monoisotopic (exact) mass is 766 g/mol. The van der Waals surface area contributed by atoms with E-state index in [1.807, 2.05) is 72.9 Å². The number of esters is 2. The summed E-state index contributed by atoms with van der Waals surface area (Å²) in [5.41, 5.74) is 0. The number of phosphoric ester groups is 1. The van der Waals surface area contributed by atoms with Crippen LogP contribution in [0.5, 0.6) is 0 Å². The van der Waals surface area contributed by atoms with Gasteiger partial charge in [-0.3, -0.25) is 18.6 Å². The molecule has 0 aromatic heterocycles. The van der Waals surface area contributed by atoms with E-state index in [2.05, 4.69) is 38.2 Å². The fourth-order valence-corrected chi connectivity index (χ4v) is 5.60. The highest BCUT2D eigenvalue weighted by Crippen LogP contribution is 2.47. The number of carbonyl (C=O) groups is 2. The van der Waals surface area contributed by atoms with E-state index in [4.69, 9.17) is 18.5 Å². The van der Waals surface area contributed by atoms with E-state index < -0.39 is 75.7 Å². The summed E-state index contributed by atoms with van der Waals surface area (Å²) < 4.78 is 33.1. The largest absolute Gasteiger partial charge is 0.472 e. The second-order valence-electron chi connectivity index (χ2n) is 12.1. The fourth-order valence-electron chi connectivity index (χ4n) is 4.63. The van der Waals surface area contributed by atoms with Crippen molar-refractivity contribution in [1.82, 2.24) is 0 Å². The molecule has 1 fully saturated rings. The molecule has 1 saturated carbocycles. The van der Waals surface area contributed by atoms with Crippen molar-refractivity contribution >= 4 is 19.8 Å². The highest BCUT2D eigenvalue weighted by atomic mass is 31.2. The number of unbranched alkanes of at least 4 members (excludes halogenated alkanes) is 2. The van der Waals surface area contributed by atoms with E-state index in [1.165, 1.54) is 0 Å². The van der Waals surface area contributed by atoms with Crippen molar-refractivity contribution < 1.29 is 63.1 Å². The van der Waals surface area contributed by atoms with Crippen molar-refractivity contribution in [3.63, 3.8) is 0 Å². The van der Waals surface area contributed by atoms with Gasteiger partial charge in [0.25, 0.3) is 0 Å². The van der Waals surface area contributed by atoms with Crippen LogP contribution >= 0.6 is 7.82 Å². The number of hydrogen-bond donors (Lipinski definition) is 6. The van der Waals surface area contributed by atoms with Crippen LogP contribution in [-0.4, -0.2) is 98.3 Å². The van der Waals surface area contributed by atoms with E-state index in [0.29, 0.717) is 25.7 Å². The average Bonchev–Trinajstić information content (AvgIpc) is 3.13. The highest BCUT2D eigenvalue weighted by Gasteiger charge is 2.51. The van der Waals surface area contributed by atoms with Crippen LogP contribution in [0.2, 0.25) is 0 Å². The molecule has 0 aromatic rings. The zero-order valence-electron chi connectivity index (χ0n) is 30.8. The van der Waals surface area contributed by atoms with Gasteiger partial charge in [0, 0.05) is 12.8 Å². The molecule has 0 spiro atoms. The third-order valence-electron chi connectivity index (χ3n) is 7.55. The lowest BCUT2D eigenvalue weighted by Crippen LogP contribution is -2.64. The van der Waals surface area contributed by atoms with Crippen molar-refractivity contribution in [3.05, 3.63) is 97.2 Å². The molecule has 0 aliphatic heterocycles. The van der Waals surface area contributed by atoms with E-state index in [9.17, 15) is 44.6 Å². The van der Waals surface area contributed by atoms with Crippen LogP contribution < -0.4 is 0 Å². The first-order valence-corrected chi connectivity index (χ1v) is 19.6. The summed E-state index contributed by atoms with van der Waals surface area (Å²) in [6, 6.07) is 0. The van der Waals surface area contributed by atoms with Crippen LogP contribution in [0, 0.1) is 0 Å². The minimum atomic E-state index is -5.14. The SMILES string of the molecule is CC/C=C/C=C/C=C/C=C/C=C/CCCC(=O)OC(COC(=O)CCC/C=C/C/C=C/C/C=C/CC)COP(=O)(O)OC1C(O)C(O)C(O)[C@@H](O)C1O. The van der Waals surface area contributed by atoms with Crippen molar-refractivity contribution in [3.8, 4) is 0 Å². The summed E-state index contributed by atoms with van der Waals surface area (Å²) in [5.74, 6) is -1.27.